The molecule has 1 saturated heterocycles. The first-order valence-electron chi connectivity index (χ1n) is 6.44. The Kier molecular flexibility index (Phi) is 4.32. The van der Waals surface area contributed by atoms with E-state index in [-0.39, 0.29) is 5.82 Å². The fraction of sp³-hybridized carbons (Fsp3) is 0.571. The van der Waals surface area contributed by atoms with E-state index in [1.807, 2.05) is 18.0 Å². The van der Waals surface area contributed by atoms with Crippen LogP contribution in [0.25, 0.3) is 0 Å². The van der Waals surface area contributed by atoms with Crippen molar-refractivity contribution in [1.82, 2.24) is 10.2 Å². The number of piperidine rings is 1. The molecule has 0 spiro atoms. The summed E-state index contributed by atoms with van der Waals surface area (Å²) >= 11 is 0. The van der Waals surface area contributed by atoms with Gasteiger partial charge in [-0.1, -0.05) is 18.2 Å². The quantitative estimate of drug-likeness (QED) is 0.849. The Hall–Kier alpha value is -0.970. The van der Waals surface area contributed by atoms with Gasteiger partial charge in [0.1, 0.15) is 5.82 Å². The Morgan fingerprint density at radius 2 is 2.00 bits per heavy atom. The fourth-order valence-electron chi connectivity index (χ4n) is 2.53. The number of halogens is 1. The van der Waals surface area contributed by atoms with Gasteiger partial charge >= 0.3 is 0 Å². The van der Waals surface area contributed by atoms with Crippen LogP contribution < -0.4 is 5.32 Å². The van der Waals surface area contributed by atoms with Gasteiger partial charge in [0.25, 0.3) is 0 Å². The largest absolute Gasteiger partial charge is 0.388 e. The third-order valence-corrected chi connectivity index (χ3v) is 3.50. The van der Waals surface area contributed by atoms with E-state index >= 15 is 0 Å². The van der Waals surface area contributed by atoms with Gasteiger partial charge in [0.05, 0.1) is 5.60 Å². The summed E-state index contributed by atoms with van der Waals surface area (Å²) in [4.78, 5) is 1.99. The minimum Gasteiger partial charge on any atom is -0.388 e. The third-order valence-electron chi connectivity index (χ3n) is 3.50. The van der Waals surface area contributed by atoms with Crippen molar-refractivity contribution >= 4 is 0 Å². The van der Waals surface area contributed by atoms with Gasteiger partial charge in [0, 0.05) is 18.7 Å². The van der Waals surface area contributed by atoms with Crippen LogP contribution in [0.2, 0.25) is 0 Å². The standard InChI is InChI=1S/C14H21FN2O/c1-17(10-12-4-2-3-5-13(12)15)11-14(18)6-8-16-9-7-14/h2-5,16,18H,6-11H2,1H3. The molecule has 0 saturated carbocycles. The third kappa shape index (κ3) is 3.51. The predicted molar refractivity (Wildman–Crippen MR) is 69.8 cm³/mol. The van der Waals surface area contributed by atoms with Crippen LogP contribution in [0.3, 0.4) is 0 Å². The van der Waals surface area contributed by atoms with Crippen molar-refractivity contribution in [1.29, 1.82) is 0 Å². The van der Waals surface area contributed by atoms with E-state index in [9.17, 15) is 9.50 Å². The first-order chi connectivity index (χ1) is 8.59. The zero-order valence-electron chi connectivity index (χ0n) is 10.8. The SMILES string of the molecule is CN(Cc1ccccc1F)CC1(O)CCNCC1. The van der Waals surface area contributed by atoms with Crippen molar-refractivity contribution in [3.63, 3.8) is 0 Å². The van der Waals surface area contributed by atoms with E-state index in [1.165, 1.54) is 6.07 Å². The summed E-state index contributed by atoms with van der Waals surface area (Å²) in [5, 5.41) is 13.6. The van der Waals surface area contributed by atoms with Crippen LogP contribution in [-0.4, -0.2) is 42.3 Å². The first-order valence-corrected chi connectivity index (χ1v) is 6.44. The number of benzene rings is 1. The molecule has 0 atom stereocenters. The van der Waals surface area contributed by atoms with E-state index < -0.39 is 5.60 Å². The lowest BCUT2D eigenvalue weighted by atomic mass is 9.92. The Morgan fingerprint density at radius 3 is 2.67 bits per heavy atom. The second kappa shape index (κ2) is 5.78. The molecule has 0 aromatic heterocycles. The van der Waals surface area contributed by atoms with Crippen LogP contribution in [0.1, 0.15) is 18.4 Å². The molecule has 0 bridgehead atoms. The highest BCUT2D eigenvalue weighted by atomic mass is 19.1. The Balaban J connectivity index is 1.92. The molecule has 100 valence electrons. The molecule has 2 rings (SSSR count). The number of aliphatic hydroxyl groups is 1. The highest BCUT2D eigenvalue weighted by molar-refractivity contribution is 5.17. The molecule has 2 N–H and O–H groups in total. The zero-order valence-corrected chi connectivity index (χ0v) is 10.8. The average molecular weight is 252 g/mol. The highest BCUT2D eigenvalue weighted by Crippen LogP contribution is 2.20. The smallest absolute Gasteiger partial charge is 0.127 e. The average Bonchev–Trinajstić information content (AvgIpc) is 2.32. The van der Waals surface area contributed by atoms with Crippen molar-refractivity contribution < 1.29 is 9.50 Å². The van der Waals surface area contributed by atoms with Crippen molar-refractivity contribution in [2.45, 2.75) is 25.0 Å². The summed E-state index contributed by atoms with van der Waals surface area (Å²) in [7, 11) is 1.92. The summed E-state index contributed by atoms with van der Waals surface area (Å²) < 4.78 is 13.5. The van der Waals surface area contributed by atoms with Crippen molar-refractivity contribution in [2.75, 3.05) is 26.7 Å². The predicted octanol–water partition coefficient (Wildman–Crippen LogP) is 1.37. The second-order valence-corrected chi connectivity index (χ2v) is 5.24. The Bertz CT molecular complexity index is 391. The van der Waals surface area contributed by atoms with Crippen molar-refractivity contribution in [3.8, 4) is 0 Å². The molecule has 0 amide bonds. The molecule has 0 aliphatic carbocycles. The van der Waals surface area contributed by atoms with E-state index in [0.717, 1.165) is 25.9 Å². The van der Waals surface area contributed by atoms with Crippen LogP contribution >= 0.6 is 0 Å². The number of nitrogens with zero attached hydrogens (tertiary/aromatic N) is 1. The van der Waals surface area contributed by atoms with Crippen molar-refractivity contribution in [2.24, 2.45) is 0 Å². The minimum atomic E-state index is -0.634. The molecule has 1 fully saturated rings. The molecule has 0 unspecified atom stereocenters. The van der Waals surface area contributed by atoms with Gasteiger partial charge in [-0.15, -0.1) is 0 Å². The lowest BCUT2D eigenvalue weighted by Crippen LogP contribution is -2.48. The maximum Gasteiger partial charge on any atom is 0.127 e. The Morgan fingerprint density at radius 1 is 1.33 bits per heavy atom. The van der Waals surface area contributed by atoms with Crippen LogP contribution in [-0.2, 0) is 6.54 Å². The molecule has 4 heteroatoms. The number of hydrogen-bond acceptors (Lipinski definition) is 3. The molecule has 1 aliphatic rings. The van der Waals surface area contributed by atoms with Crippen LogP contribution in [0.5, 0.6) is 0 Å². The van der Waals surface area contributed by atoms with E-state index in [0.29, 0.717) is 18.7 Å². The van der Waals surface area contributed by atoms with Crippen LogP contribution in [0.4, 0.5) is 4.39 Å². The van der Waals surface area contributed by atoms with Gasteiger partial charge in [-0.05, 0) is 39.0 Å². The summed E-state index contributed by atoms with van der Waals surface area (Å²) in [6.07, 6.45) is 1.52. The number of likely N-dealkylation sites (N-methyl/N-ethyl adjacent to an activating group) is 1. The van der Waals surface area contributed by atoms with Crippen molar-refractivity contribution in [3.05, 3.63) is 35.6 Å². The molecular weight excluding hydrogens is 231 g/mol. The van der Waals surface area contributed by atoms with E-state index in [2.05, 4.69) is 5.32 Å². The van der Waals surface area contributed by atoms with Gasteiger partial charge in [0.2, 0.25) is 0 Å². The van der Waals surface area contributed by atoms with Gasteiger partial charge in [0.15, 0.2) is 0 Å². The first kappa shape index (κ1) is 13.5. The van der Waals surface area contributed by atoms with Gasteiger partial charge < -0.3 is 10.4 Å². The summed E-state index contributed by atoms with van der Waals surface area (Å²) in [5.41, 5.74) is 0.0446. The second-order valence-electron chi connectivity index (χ2n) is 5.24. The monoisotopic (exact) mass is 252 g/mol. The summed E-state index contributed by atoms with van der Waals surface area (Å²) in [6, 6.07) is 6.80. The van der Waals surface area contributed by atoms with Crippen LogP contribution in [0, 0.1) is 5.82 Å². The highest BCUT2D eigenvalue weighted by Gasteiger charge is 2.30. The molecule has 0 radical (unpaired) electrons. The normalized spacial score (nSPS) is 19.1. The number of nitrogens with one attached hydrogen (secondary N) is 1. The fourth-order valence-corrected chi connectivity index (χ4v) is 2.53. The lowest BCUT2D eigenvalue weighted by Gasteiger charge is -2.36. The van der Waals surface area contributed by atoms with E-state index in [1.54, 1.807) is 12.1 Å². The van der Waals surface area contributed by atoms with Crippen LogP contribution in [0.15, 0.2) is 24.3 Å². The molecule has 1 aromatic carbocycles. The summed E-state index contributed by atoms with van der Waals surface area (Å²) in [6.45, 7) is 2.82. The Labute approximate surface area is 108 Å². The zero-order chi connectivity index (χ0) is 13.0. The minimum absolute atomic E-state index is 0.179. The topological polar surface area (TPSA) is 35.5 Å². The molecule has 1 aromatic rings. The molecule has 18 heavy (non-hydrogen) atoms. The number of rotatable bonds is 4. The maximum atomic E-state index is 13.5. The maximum absolute atomic E-state index is 13.5. The molecular formula is C14H21FN2O. The van der Waals surface area contributed by atoms with E-state index in [4.69, 9.17) is 0 Å². The molecule has 1 aliphatic heterocycles. The lowest BCUT2D eigenvalue weighted by molar-refractivity contribution is -0.0170. The summed E-state index contributed by atoms with van der Waals surface area (Å²) in [5.74, 6) is -0.179. The van der Waals surface area contributed by atoms with Gasteiger partial charge in [-0.25, -0.2) is 4.39 Å². The molecule has 1 heterocycles. The van der Waals surface area contributed by atoms with Gasteiger partial charge in [-0.3, -0.25) is 4.90 Å². The number of hydrogen-bond donors (Lipinski definition) is 2. The molecule has 3 nitrogen and oxygen atoms in total. The van der Waals surface area contributed by atoms with Gasteiger partial charge in [-0.2, -0.15) is 0 Å².